The molecule has 0 aliphatic rings. The van der Waals surface area contributed by atoms with Gasteiger partial charge in [-0.1, -0.05) is 53.2 Å². The normalized spacial score (nSPS) is 13.4. The van der Waals surface area contributed by atoms with Crippen LogP contribution >= 0.6 is 11.3 Å². The van der Waals surface area contributed by atoms with Gasteiger partial charge in [0.05, 0.1) is 22.5 Å². The fraction of sp³-hybridized carbons (Fsp3) is 0.250. The highest BCUT2D eigenvalue weighted by molar-refractivity contribution is 7.16. The molecule has 3 rings (SSSR count). The number of aryl methyl sites for hydroxylation is 1. The van der Waals surface area contributed by atoms with Gasteiger partial charge < -0.3 is 9.40 Å². The summed E-state index contributed by atoms with van der Waals surface area (Å²) in [5.41, 5.74) is 2.72. The average molecular weight is 367 g/mol. The number of rotatable bonds is 5. The van der Waals surface area contributed by atoms with E-state index >= 15 is 0 Å². The lowest BCUT2D eigenvalue weighted by molar-refractivity contribution is 0.0997. The zero-order valence-corrected chi connectivity index (χ0v) is 15.9. The van der Waals surface area contributed by atoms with Crippen LogP contribution in [0, 0.1) is 6.92 Å². The predicted octanol–water partition coefficient (Wildman–Crippen LogP) is 4.34. The van der Waals surface area contributed by atoms with Crippen LogP contribution in [0.15, 0.2) is 58.7 Å². The minimum atomic E-state index is -0.246. The summed E-state index contributed by atoms with van der Waals surface area (Å²) in [6.45, 7) is 4.06. The highest BCUT2D eigenvalue weighted by atomic mass is 32.1. The van der Waals surface area contributed by atoms with E-state index in [1.165, 1.54) is 18.4 Å². The van der Waals surface area contributed by atoms with Gasteiger partial charge in [0.15, 0.2) is 4.80 Å². The van der Waals surface area contributed by atoms with Gasteiger partial charge in [0.2, 0.25) is 0 Å². The van der Waals surface area contributed by atoms with E-state index in [0.29, 0.717) is 10.4 Å². The first-order valence-electron chi connectivity index (χ1n) is 8.46. The van der Waals surface area contributed by atoms with Gasteiger partial charge in [0.1, 0.15) is 7.11 Å². The number of thiazole rings is 1. The third kappa shape index (κ3) is 3.75. The number of carbonyl (C=O) groups excluding carboxylic acids is 1. The zero-order valence-electron chi connectivity index (χ0n) is 15.0. The largest absolute Gasteiger partial charge is 0.399 e. The molecule has 0 radical (unpaired) electrons. The number of benzene rings is 2. The second-order valence-electron chi connectivity index (χ2n) is 5.92. The Labute approximate surface area is 156 Å². The molecule has 0 saturated carbocycles. The van der Waals surface area contributed by atoms with Crippen LogP contribution in [0.2, 0.25) is 0 Å². The summed E-state index contributed by atoms with van der Waals surface area (Å²) in [4.78, 5) is 22.6. The molecule has 1 atom stereocenters. The molecule has 5 nitrogen and oxygen atoms in total. The molecule has 134 valence electrons. The number of hydrogen-bond acceptors (Lipinski definition) is 4. The number of amides is 1. The van der Waals surface area contributed by atoms with E-state index in [2.05, 4.69) is 21.6 Å². The Morgan fingerprint density at radius 3 is 2.65 bits per heavy atom. The topological polar surface area (TPSA) is 55.9 Å². The van der Waals surface area contributed by atoms with Crippen molar-refractivity contribution in [1.82, 2.24) is 4.57 Å². The minimum Gasteiger partial charge on any atom is -0.399 e. The molecule has 3 aromatic rings. The van der Waals surface area contributed by atoms with Crippen molar-refractivity contribution in [2.45, 2.75) is 26.3 Å². The maximum absolute atomic E-state index is 12.6. The summed E-state index contributed by atoms with van der Waals surface area (Å²) in [6.07, 6.45) is 2.55. The molecule has 1 unspecified atom stereocenters. The Balaban J connectivity index is 2.15. The van der Waals surface area contributed by atoms with Gasteiger partial charge in [-0.3, -0.25) is 4.79 Å². The van der Waals surface area contributed by atoms with Crippen molar-refractivity contribution in [2.75, 3.05) is 7.11 Å². The summed E-state index contributed by atoms with van der Waals surface area (Å²) in [6, 6.07) is 15.4. The lowest BCUT2D eigenvalue weighted by atomic mass is 10.1. The van der Waals surface area contributed by atoms with Crippen molar-refractivity contribution < 1.29 is 9.63 Å². The SMILES string of the molecule is CCC(C=NOC)n1c(=NC(=O)c2ccc(C)cc2)sc2ccccc21. The average Bonchev–Trinajstić information content (AvgIpc) is 3.01. The number of nitrogens with zero attached hydrogens (tertiary/aromatic N) is 3. The van der Waals surface area contributed by atoms with Gasteiger partial charge in [-0.25, -0.2) is 0 Å². The van der Waals surface area contributed by atoms with Gasteiger partial charge in [-0.15, -0.1) is 0 Å². The van der Waals surface area contributed by atoms with Crippen molar-refractivity contribution >= 4 is 33.7 Å². The zero-order chi connectivity index (χ0) is 18.5. The number of para-hydroxylation sites is 1. The number of hydrogen-bond donors (Lipinski definition) is 0. The fourth-order valence-electron chi connectivity index (χ4n) is 2.72. The van der Waals surface area contributed by atoms with Crippen LogP contribution in [0.4, 0.5) is 0 Å². The Morgan fingerprint density at radius 2 is 1.96 bits per heavy atom. The molecule has 0 bridgehead atoms. The molecular weight excluding hydrogens is 346 g/mol. The predicted molar refractivity (Wildman–Crippen MR) is 106 cm³/mol. The summed E-state index contributed by atoms with van der Waals surface area (Å²) < 4.78 is 3.13. The van der Waals surface area contributed by atoms with E-state index in [-0.39, 0.29) is 11.9 Å². The first-order valence-corrected chi connectivity index (χ1v) is 9.28. The first-order chi connectivity index (χ1) is 12.6. The number of oxime groups is 1. The van der Waals surface area contributed by atoms with Gasteiger partial charge >= 0.3 is 0 Å². The number of carbonyl (C=O) groups is 1. The Hall–Kier alpha value is -2.73. The monoisotopic (exact) mass is 367 g/mol. The Kier molecular flexibility index (Phi) is 5.63. The van der Waals surface area contributed by atoms with Crippen LogP contribution in [0.3, 0.4) is 0 Å². The quantitative estimate of drug-likeness (QED) is 0.498. The molecule has 1 amide bonds. The molecule has 0 aliphatic heterocycles. The third-order valence-corrected chi connectivity index (χ3v) is 5.15. The van der Waals surface area contributed by atoms with Crippen molar-refractivity contribution in [3.8, 4) is 0 Å². The molecule has 0 fully saturated rings. The standard InChI is InChI=1S/C20H21N3O2S/c1-4-16(13-21-25-3)23-17-7-5-6-8-18(17)26-20(23)22-19(24)15-11-9-14(2)10-12-15/h5-13,16H,4H2,1-3H3. The summed E-state index contributed by atoms with van der Waals surface area (Å²) in [5, 5.41) is 3.93. The minimum absolute atomic E-state index is 0.0457. The van der Waals surface area contributed by atoms with E-state index in [4.69, 9.17) is 4.84 Å². The van der Waals surface area contributed by atoms with Gasteiger partial charge in [-0.05, 0) is 37.6 Å². The third-order valence-electron chi connectivity index (χ3n) is 4.12. The van der Waals surface area contributed by atoms with Crippen molar-refractivity contribution in [3.05, 3.63) is 64.5 Å². The van der Waals surface area contributed by atoms with Crippen LogP contribution in [-0.4, -0.2) is 23.8 Å². The molecule has 6 heteroatoms. The molecule has 0 spiro atoms. The van der Waals surface area contributed by atoms with Crippen molar-refractivity contribution in [1.29, 1.82) is 0 Å². The molecule has 1 aromatic heterocycles. The maximum Gasteiger partial charge on any atom is 0.279 e. The second kappa shape index (κ2) is 8.10. The molecule has 0 saturated heterocycles. The highest BCUT2D eigenvalue weighted by Crippen LogP contribution is 2.21. The lowest BCUT2D eigenvalue weighted by Gasteiger charge is -2.13. The summed E-state index contributed by atoms with van der Waals surface area (Å²) in [7, 11) is 1.52. The van der Waals surface area contributed by atoms with E-state index in [0.717, 1.165) is 22.2 Å². The summed E-state index contributed by atoms with van der Waals surface area (Å²) in [5.74, 6) is -0.246. The first kappa shape index (κ1) is 18.1. The molecular formula is C20H21N3O2S. The van der Waals surface area contributed by atoms with E-state index in [9.17, 15) is 4.79 Å². The number of fused-ring (bicyclic) bond motifs is 1. The van der Waals surface area contributed by atoms with E-state index in [1.54, 1.807) is 6.21 Å². The molecule has 0 N–H and O–H groups in total. The van der Waals surface area contributed by atoms with Crippen molar-refractivity contribution in [3.63, 3.8) is 0 Å². The molecule has 26 heavy (non-hydrogen) atoms. The van der Waals surface area contributed by atoms with Crippen LogP contribution < -0.4 is 4.80 Å². The van der Waals surface area contributed by atoms with Crippen LogP contribution in [-0.2, 0) is 4.84 Å². The maximum atomic E-state index is 12.6. The van der Waals surface area contributed by atoms with E-state index in [1.807, 2.05) is 55.5 Å². The number of aromatic nitrogens is 1. The highest BCUT2D eigenvalue weighted by Gasteiger charge is 2.15. The lowest BCUT2D eigenvalue weighted by Crippen LogP contribution is -2.23. The molecule has 0 aliphatic carbocycles. The molecule has 1 heterocycles. The summed E-state index contributed by atoms with van der Waals surface area (Å²) >= 11 is 1.50. The fourth-order valence-corrected chi connectivity index (χ4v) is 3.80. The second-order valence-corrected chi connectivity index (χ2v) is 6.93. The molecule has 2 aromatic carbocycles. The van der Waals surface area contributed by atoms with Gasteiger partial charge in [-0.2, -0.15) is 4.99 Å². The Bertz CT molecular complexity index is 1000. The van der Waals surface area contributed by atoms with Crippen LogP contribution in [0.1, 0.15) is 35.3 Å². The van der Waals surface area contributed by atoms with Crippen LogP contribution in [0.5, 0.6) is 0 Å². The Morgan fingerprint density at radius 1 is 1.23 bits per heavy atom. The van der Waals surface area contributed by atoms with Crippen molar-refractivity contribution in [2.24, 2.45) is 10.1 Å². The van der Waals surface area contributed by atoms with Crippen LogP contribution in [0.25, 0.3) is 10.2 Å². The van der Waals surface area contributed by atoms with Gasteiger partial charge in [0, 0.05) is 5.56 Å². The smallest absolute Gasteiger partial charge is 0.279 e. The van der Waals surface area contributed by atoms with Gasteiger partial charge in [0.25, 0.3) is 5.91 Å². The van der Waals surface area contributed by atoms with E-state index < -0.39 is 0 Å².